The fourth-order valence-electron chi connectivity index (χ4n) is 1.92. The Morgan fingerprint density at radius 2 is 1.81 bits per heavy atom. The zero-order chi connectivity index (χ0) is 16.0. The maximum absolute atomic E-state index is 9.77. The summed E-state index contributed by atoms with van der Waals surface area (Å²) in [5.74, 6) is -3.54. The lowest BCUT2D eigenvalue weighted by Crippen LogP contribution is -2.39. The molecule has 0 bridgehead atoms. The molecular weight excluding hydrogens is 280 g/mol. The van der Waals surface area contributed by atoms with E-state index < -0.39 is 24.1 Å². The molecule has 8 heteroatoms. The SMILES string of the molecule is N[C@@H]1CCCc2cccnc21.O=C(O)C(O)C(O)C(=O)O. The molecule has 0 aliphatic heterocycles. The molecule has 0 amide bonds. The van der Waals surface area contributed by atoms with Gasteiger partial charge in [-0.1, -0.05) is 6.07 Å². The highest BCUT2D eigenvalue weighted by Crippen LogP contribution is 2.24. The van der Waals surface area contributed by atoms with Gasteiger partial charge in [0.15, 0.2) is 12.2 Å². The summed E-state index contributed by atoms with van der Waals surface area (Å²) in [6.45, 7) is 0. The molecule has 116 valence electrons. The molecule has 3 atom stereocenters. The van der Waals surface area contributed by atoms with Gasteiger partial charge in [0, 0.05) is 12.2 Å². The van der Waals surface area contributed by atoms with Crippen LogP contribution in [0.25, 0.3) is 0 Å². The van der Waals surface area contributed by atoms with E-state index >= 15 is 0 Å². The Balaban J connectivity index is 0.000000212. The first-order valence-electron chi connectivity index (χ1n) is 6.35. The van der Waals surface area contributed by atoms with Gasteiger partial charge in [-0.15, -0.1) is 0 Å². The van der Waals surface area contributed by atoms with Crippen LogP contribution in [0.5, 0.6) is 0 Å². The van der Waals surface area contributed by atoms with Gasteiger partial charge >= 0.3 is 11.9 Å². The zero-order valence-electron chi connectivity index (χ0n) is 11.2. The lowest BCUT2D eigenvalue weighted by Gasteiger charge is -2.19. The second-order valence-corrected chi connectivity index (χ2v) is 4.61. The summed E-state index contributed by atoms with van der Waals surface area (Å²) in [7, 11) is 0. The van der Waals surface area contributed by atoms with E-state index in [1.807, 2.05) is 12.3 Å². The van der Waals surface area contributed by atoms with E-state index in [-0.39, 0.29) is 6.04 Å². The van der Waals surface area contributed by atoms with Crippen LogP contribution in [-0.4, -0.2) is 49.6 Å². The van der Waals surface area contributed by atoms with Crippen molar-refractivity contribution in [3.05, 3.63) is 29.6 Å². The van der Waals surface area contributed by atoms with Crippen molar-refractivity contribution in [3.8, 4) is 0 Å². The van der Waals surface area contributed by atoms with Crippen molar-refractivity contribution >= 4 is 11.9 Å². The first-order valence-corrected chi connectivity index (χ1v) is 6.35. The molecule has 1 aromatic rings. The molecule has 0 saturated carbocycles. The molecule has 6 N–H and O–H groups in total. The summed E-state index contributed by atoms with van der Waals surface area (Å²) in [5.41, 5.74) is 8.33. The number of hydrogen-bond donors (Lipinski definition) is 5. The molecule has 1 aliphatic carbocycles. The number of carboxylic acids is 2. The summed E-state index contributed by atoms with van der Waals surface area (Å²) >= 11 is 0. The molecule has 0 aromatic carbocycles. The van der Waals surface area contributed by atoms with Crippen molar-refractivity contribution in [1.82, 2.24) is 4.98 Å². The number of aliphatic carboxylic acids is 2. The molecule has 0 radical (unpaired) electrons. The first-order chi connectivity index (χ1) is 9.84. The Morgan fingerprint density at radius 3 is 2.29 bits per heavy atom. The van der Waals surface area contributed by atoms with Crippen LogP contribution in [0, 0.1) is 0 Å². The Bertz CT molecular complexity index is 489. The van der Waals surface area contributed by atoms with E-state index in [4.69, 9.17) is 26.2 Å². The standard InChI is InChI=1S/C9H12N2.C4H6O6/c10-8-5-1-3-7-4-2-6-11-9(7)8;5-1(3(7)8)2(6)4(9)10/h2,4,6,8H,1,3,5,10H2;1-2,5-6H,(H,7,8)(H,9,10)/t8-;/m1./s1. The summed E-state index contributed by atoms with van der Waals surface area (Å²) in [5, 5.41) is 32.5. The van der Waals surface area contributed by atoms with Crippen molar-refractivity contribution in [3.63, 3.8) is 0 Å². The lowest BCUT2D eigenvalue weighted by molar-refractivity contribution is -0.165. The van der Waals surface area contributed by atoms with Gasteiger partial charge in [0.2, 0.25) is 0 Å². The van der Waals surface area contributed by atoms with E-state index in [2.05, 4.69) is 11.1 Å². The minimum Gasteiger partial charge on any atom is -0.479 e. The van der Waals surface area contributed by atoms with Gasteiger partial charge in [-0.2, -0.15) is 0 Å². The number of carboxylic acid groups (broad SMARTS) is 2. The number of fused-ring (bicyclic) bond motifs is 1. The number of nitrogens with two attached hydrogens (primary N) is 1. The fourth-order valence-corrected chi connectivity index (χ4v) is 1.92. The van der Waals surface area contributed by atoms with Crippen molar-refractivity contribution in [2.45, 2.75) is 37.5 Å². The number of rotatable bonds is 3. The van der Waals surface area contributed by atoms with Crippen LogP contribution in [-0.2, 0) is 16.0 Å². The van der Waals surface area contributed by atoms with Gasteiger partial charge in [-0.05, 0) is 30.9 Å². The predicted octanol–water partition coefficient (Wildman–Crippen LogP) is -0.705. The van der Waals surface area contributed by atoms with Crippen LogP contribution in [0.1, 0.15) is 30.1 Å². The quantitative estimate of drug-likeness (QED) is 0.490. The average Bonchev–Trinajstić information content (AvgIpc) is 2.46. The van der Waals surface area contributed by atoms with Crippen molar-refractivity contribution in [1.29, 1.82) is 0 Å². The molecule has 0 spiro atoms. The smallest absolute Gasteiger partial charge is 0.335 e. The molecule has 1 aliphatic rings. The van der Waals surface area contributed by atoms with Crippen LogP contribution in [0.3, 0.4) is 0 Å². The second kappa shape index (κ2) is 7.67. The highest BCUT2D eigenvalue weighted by atomic mass is 16.4. The number of aliphatic hydroxyl groups excluding tert-OH is 2. The van der Waals surface area contributed by atoms with Crippen molar-refractivity contribution in [2.75, 3.05) is 0 Å². The number of aromatic nitrogens is 1. The maximum Gasteiger partial charge on any atom is 0.335 e. The number of nitrogens with zero attached hydrogens (tertiary/aromatic N) is 1. The maximum atomic E-state index is 9.77. The third kappa shape index (κ3) is 4.78. The van der Waals surface area contributed by atoms with Crippen molar-refractivity contribution < 1.29 is 30.0 Å². The molecule has 0 fully saturated rings. The van der Waals surface area contributed by atoms with E-state index in [0.717, 1.165) is 18.5 Å². The van der Waals surface area contributed by atoms with E-state index in [1.54, 1.807) is 0 Å². The van der Waals surface area contributed by atoms with Crippen molar-refractivity contribution in [2.24, 2.45) is 5.73 Å². The van der Waals surface area contributed by atoms with Crippen LogP contribution in [0.2, 0.25) is 0 Å². The summed E-state index contributed by atoms with van der Waals surface area (Å²) in [6.07, 6.45) is 0.736. The predicted molar refractivity (Wildman–Crippen MR) is 71.4 cm³/mol. The molecule has 2 unspecified atom stereocenters. The van der Waals surface area contributed by atoms with Gasteiger partial charge in [0.1, 0.15) is 0 Å². The Kier molecular flexibility index (Phi) is 6.22. The number of pyridine rings is 1. The minimum atomic E-state index is -2.27. The van der Waals surface area contributed by atoms with E-state index in [1.165, 1.54) is 12.0 Å². The second-order valence-electron chi connectivity index (χ2n) is 4.61. The van der Waals surface area contributed by atoms with Gasteiger partial charge in [0.05, 0.1) is 5.69 Å². The third-order valence-electron chi connectivity index (χ3n) is 3.04. The highest BCUT2D eigenvalue weighted by Gasteiger charge is 2.29. The molecule has 0 saturated heterocycles. The summed E-state index contributed by atoms with van der Waals surface area (Å²) in [4.78, 5) is 23.8. The molecule has 8 nitrogen and oxygen atoms in total. The van der Waals surface area contributed by atoms with Crippen LogP contribution >= 0.6 is 0 Å². The fraction of sp³-hybridized carbons (Fsp3) is 0.462. The van der Waals surface area contributed by atoms with E-state index in [0.29, 0.717) is 0 Å². The third-order valence-corrected chi connectivity index (χ3v) is 3.04. The molecular formula is C13H18N2O6. The van der Waals surface area contributed by atoms with Gasteiger partial charge in [0.25, 0.3) is 0 Å². The van der Waals surface area contributed by atoms with E-state index in [9.17, 15) is 9.59 Å². The largest absolute Gasteiger partial charge is 0.479 e. The lowest BCUT2D eigenvalue weighted by atomic mass is 9.93. The Labute approximate surface area is 120 Å². The minimum absolute atomic E-state index is 0.181. The number of aliphatic hydroxyl groups is 2. The zero-order valence-corrected chi connectivity index (χ0v) is 11.2. The number of carbonyl (C=O) groups is 2. The van der Waals surface area contributed by atoms with Crippen LogP contribution in [0.15, 0.2) is 18.3 Å². The first kappa shape index (κ1) is 17.0. The van der Waals surface area contributed by atoms with Gasteiger partial charge < -0.3 is 26.2 Å². The van der Waals surface area contributed by atoms with Gasteiger partial charge in [-0.25, -0.2) is 9.59 Å². The summed E-state index contributed by atoms with van der Waals surface area (Å²) < 4.78 is 0. The highest BCUT2D eigenvalue weighted by molar-refractivity contribution is 5.83. The average molecular weight is 298 g/mol. The summed E-state index contributed by atoms with van der Waals surface area (Å²) in [6, 6.07) is 4.29. The van der Waals surface area contributed by atoms with Gasteiger partial charge in [-0.3, -0.25) is 4.98 Å². The normalized spacial score (nSPS) is 19.5. The Hall–Kier alpha value is -2.03. The molecule has 2 rings (SSSR count). The number of hydrogen-bond acceptors (Lipinski definition) is 6. The molecule has 1 heterocycles. The molecule has 21 heavy (non-hydrogen) atoms. The van der Waals surface area contributed by atoms with Crippen LogP contribution in [0.4, 0.5) is 0 Å². The topological polar surface area (TPSA) is 154 Å². The number of aryl methyl sites for hydroxylation is 1. The molecule has 1 aromatic heterocycles. The Morgan fingerprint density at radius 1 is 1.24 bits per heavy atom. The monoisotopic (exact) mass is 298 g/mol. The van der Waals surface area contributed by atoms with Crippen LogP contribution < -0.4 is 5.73 Å².